The van der Waals surface area contributed by atoms with Crippen LogP contribution in [0.15, 0.2) is 0 Å². The summed E-state index contributed by atoms with van der Waals surface area (Å²) in [6.45, 7) is 4.70. The van der Waals surface area contributed by atoms with Crippen molar-refractivity contribution in [2.75, 3.05) is 33.8 Å². The van der Waals surface area contributed by atoms with Crippen molar-refractivity contribution in [1.29, 1.82) is 0 Å². The predicted molar refractivity (Wildman–Crippen MR) is 117 cm³/mol. The average Bonchev–Trinajstić information content (AvgIpc) is 2.60. The number of hydrogen-bond donors (Lipinski definition) is 1. The fourth-order valence-corrected chi connectivity index (χ4v) is 4.38. The van der Waals surface area contributed by atoms with Crippen LogP contribution in [0.2, 0.25) is 0 Å². The second-order valence-corrected chi connectivity index (χ2v) is 9.67. The topological polar surface area (TPSA) is 29.5 Å². The van der Waals surface area contributed by atoms with Crippen molar-refractivity contribution < 1.29 is 31.3 Å². The number of unbranched alkanes of at least 4 members (excludes halogenated alkanes) is 15. The Kier molecular flexibility index (Phi) is 17.3. The molecule has 0 aromatic rings. The van der Waals surface area contributed by atoms with E-state index >= 15 is 0 Å². The first kappa shape index (κ1) is 28.4. The molecule has 0 aromatic carbocycles. The molecule has 0 aliphatic carbocycles. The van der Waals surface area contributed by atoms with Crippen molar-refractivity contribution >= 4 is 0 Å². The Bertz CT molecular complexity index is 351. The van der Waals surface area contributed by atoms with Crippen LogP contribution in [0.1, 0.15) is 116 Å². The third-order valence-electron chi connectivity index (χ3n) is 6.16. The molecule has 1 heterocycles. The van der Waals surface area contributed by atoms with Crippen LogP contribution in [0.4, 0.5) is 0 Å². The van der Waals surface area contributed by atoms with Gasteiger partial charge in [0, 0.05) is 6.42 Å². The number of nitrogens with zero attached hydrogens (tertiary/aromatic N) is 1. The second kappa shape index (κ2) is 17.1. The Labute approximate surface area is 187 Å². The fourth-order valence-electron chi connectivity index (χ4n) is 4.38. The van der Waals surface area contributed by atoms with Gasteiger partial charge in [-0.3, -0.25) is 0 Å². The number of ether oxygens (including phenoxy) is 1. The van der Waals surface area contributed by atoms with E-state index in [1.54, 1.807) is 0 Å². The van der Waals surface area contributed by atoms with Crippen molar-refractivity contribution in [2.45, 2.75) is 122 Å². The van der Waals surface area contributed by atoms with Crippen LogP contribution in [0.3, 0.4) is 0 Å². The van der Waals surface area contributed by atoms with E-state index in [2.05, 4.69) is 21.0 Å². The van der Waals surface area contributed by atoms with Crippen LogP contribution in [0, 0.1) is 0 Å². The lowest BCUT2D eigenvalue weighted by Gasteiger charge is -2.42. The van der Waals surface area contributed by atoms with Crippen LogP contribution < -0.4 is 17.0 Å². The Hall–Kier alpha value is 0.360. The van der Waals surface area contributed by atoms with Crippen molar-refractivity contribution in [2.24, 2.45) is 0 Å². The molecule has 0 bridgehead atoms. The molecule has 1 aliphatic heterocycles. The van der Waals surface area contributed by atoms with Crippen LogP contribution in [0.5, 0.6) is 0 Å². The monoisotopic (exact) mass is 463 g/mol. The van der Waals surface area contributed by atoms with Gasteiger partial charge in [0.25, 0.3) is 0 Å². The maximum atomic E-state index is 10.6. The minimum atomic E-state index is -0.877. The van der Waals surface area contributed by atoms with Gasteiger partial charge in [-0.15, -0.1) is 0 Å². The largest absolute Gasteiger partial charge is 1.00 e. The van der Waals surface area contributed by atoms with Gasteiger partial charge < -0.3 is 31.3 Å². The van der Waals surface area contributed by atoms with E-state index in [1.165, 1.54) is 96.3 Å². The summed E-state index contributed by atoms with van der Waals surface area (Å²) >= 11 is 0. The predicted octanol–water partition coefficient (Wildman–Crippen LogP) is 3.44. The lowest BCUT2D eigenvalue weighted by atomic mass is 10.0. The first-order valence-electron chi connectivity index (χ1n) is 12.2. The van der Waals surface area contributed by atoms with E-state index in [0.29, 0.717) is 6.61 Å². The van der Waals surface area contributed by atoms with Gasteiger partial charge in [0.05, 0.1) is 20.7 Å². The zero-order valence-corrected chi connectivity index (χ0v) is 20.9. The molecule has 0 spiro atoms. The first-order valence-corrected chi connectivity index (χ1v) is 12.2. The van der Waals surface area contributed by atoms with Gasteiger partial charge >= 0.3 is 0 Å². The molecule has 1 atom stereocenters. The smallest absolute Gasteiger partial charge is 0.216 e. The van der Waals surface area contributed by atoms with Gasteiger partial charge in [-0.25, -0.2) is 0 Å². The Balaban J connectivity index is 0.00000729. The molecule has 1 saturated heterocycles. The van der Waals surface area contributed by atoms with Gasteiger partial charge in [0.2, 0.25) is 5.79 Å². The van der Waals surface area contributed by atoms with Gasteiger partial charge in [0.15, 0.2) is 0 Å². The Morgan fingerprint density at radius 2 is 1.11 bits per heavy atom. The van der Waals surface area contributed by atoms with E-state index in [4.69, 9.17) is 4.74 Å². The molecule has 1 unspecified atom stereocenters. The molecule has 0 saturated carbocycles. The number of quaternary nitrogens is 1. The average molecular weight is 465 g/mol. The van der Waals surface area contributed by atoms with Crippen LogP contribution in [-0.4, -0.2) is 49.2 Å². The number of halogens is 1. The van der Waals surface area contributed by atoms with Gasteiger partial charge in [-0.1, -0.05) is 103 Å². The molecule has 1 fully saturated rings. The molecule has 1 aliphatic rings. The zero-order chi connectivity index (χ0) is 19.8. The number of rotatable bonds is 17. The minimum absolute atomic E-state index is 0. The molecule has 0 aromatic heterocycles. The summed E-state index contributed by atoms with van der Waals surface area (Å²) in [5.74, 6) is -0.877. The molecule has 0 amide bonds. The van der Waals surface area contributed by atoms with Crippen molar-refractivity contribution in [3.8, 4) is 0 Å². The summed E-state index contributed by atoms with van der Waals surface area (Å²) < 4.78 is 6.54. The number of likely N-dealkylation sites (N-methyl/N-ethyl adjacent to an activating group) is 1. The van der Waals surface area contributed by atoms with Crippen LogP contribution in [-0.2, 0) is 4.74 Å². The van der Waals surface area contributed by atoms with Gasteiger partial charge in [-0.2, -0.15) is 0 Å². The maximum absolute atomic E-state index is 10.6. The standard InChI is InChI=1S/C24H50NO2.BrH/c1-4-5-6-7-8-9-10-11-12-13-14-15-16-17-18-19-20-24(26)23-25(2,3)21-22-27-24;/h26H,4-23H2,1-3H3;1H/q+1;/p-1. The maximum Gasteiger partial charge on any atom is 0.216 e. The highest BCUT2D eigenvalue weighted by atomic mass is 79.9. The SMILES string of the molecule is CCCCCCCCCCCCCCCCCCC1(O)C[N+](C)(C)CCO1.[Br-]. The van der Waals surface area contributed by atoms with Crippen molar-refractivity contribution in [3.05, 3.63) is 0 Å². The molecular weight excluding hydrogens is 414 g/mol. The third-order valence-corrected chi connectivity index (χ3v) is 6.16. The Morgan fingerprint density at radius 3 is 1.50 bits per heavy atom. The molecule has 28 heavy (non-hydrogen) atoms. The zero-order valence-electron chi connectivity index (χ0n) is 19.3. The fraction of sp³-hybridized carbons (Fsp3) is 1.00. The lowest BCUT2D eigenvalue weighted by Crippen LogP contribution is -3.00. The highest BCUT2D eigenvalue weighted by Gasteiger charge is 2.39. The summed E-state index contributed by atoms with van der Waals surface area (Å²) in [6.07, 6.45) is 22.9. The molecule has 0 radical (unpaired) electrons. The minimum Gasteiger partial charge on any atom is -1.00 e. The molecule has 170 valence electrons. The summed E-state index contributed by atoms with van der Waals surface area (Å²) in [6, 6.07) is 0. The number of hydrogen-bond acceptors (Lipinski definition) is 2. The van der Waals surface area contributed by atoms with Crippen LogP contribution in [0.25, 0.3) is 0 Å². The normalized spacial score (nSPS) is 21.4. The summed E-state index contributed by atoms with van der Waals surface area (Å²) in [5, 5.41) is 10.6. The molecule has 1 rings (SSSR count). The van der Waals surface area contributed by atoms with Gasteiger partial charge in [-0.05, 0) is 6.42 Å². The van der Waals surface area contributed by atoms with E-state index in [0.717, 1.165) is 30.4 Å². The van der Waals surface area contributed by atoms with E-state index in [-0.39, 0.29) is 17.0 Å². The highest BCUT2D eigenvalue weighted by molar-refractivity contribution is 4.70. The number of aliphatic hydroxyl groups is 1. The van der Waals surface area contributed by atoms with E-state index < -0.39 is 5.79 Å². The van der Waals surface area contributed by atoms with Gasteiger partial charge in [0.1, 0.15) is 13.1 Å². The molecule has 4 heteroatoms. The first-order chi connectivity index (χ1) is 13.0. The third kappa shape index (κ3) is 15.2. The Morgan fingerprint density at radius 1 is 0.714 bits per heavy atom. The second-order valence-electron chi connectivity index (χ2n) is 9.67. The molecular formula is C24H50BrNO2. The van der Waals surface area contributed by atoms with Crippen molar-refractivity contribution in [3.63, 3.8) is 0 Å². The van der Waals surface area contributed by atoms with E-state index in [9.17, 15) is 5.11 Å². The summed E-state index contributed by atoms with van der Waals surface area (Å²) in [4.78, 5) is 0. The van der Waals surface area contributed by atoms with Crippen molar-refractivity contribution in [1.82, 2.24) is 0 Å². The molecule has 1 N–H and O–H groups in total. The quantitative estimate of drug-likeness (QED) is 0.264. The highest BCUT2D eigenvalue weighted by Crippen LogP contribution is 2.24. The number of morpholine rings is 1. The lowest BCUT2D eigenvalue weighted by molar-refractivity contribution is -0.911. The van der Waals surface area contributed by atoms with E-state index in [1.807, 2.05) is 0 Å². The molecule has 3 nitrogen and oxygen atoms in total. The summed E-state index contributed by atoms with van der Waals surface area (Å²) in [7, 11) is 4.36. The summed E-state index contributed by atoms with van der Waals surface area (Å²) in [5.41, 5.74) is 0. The van der Waals surface area contributed by atoms with Crippen LogP contribution >= 0.6 is 0 Å².